The minimum Gasteiger partial charge on any atom is -0.351 e. The van der Waals surface area contributed by atoms with Gasteiger partial charge in [0.2, 0.25) is 0 Å². The van der Waals surface area contributed by atoms with Gasteiger partial charge in [0.25, 0.3) is 5.91 Å². The quantitative estimate of drug-likeness (QED) is 0.852. The fourth-order valence-corrected chi connectivity index (χ4v) is 1.52. The topological polar surface area (TPSA) is 29.1 Å². The second kappa shape index (κ2) is 5.25. The summed E-state index contributed by atoms with van der Waals surface area (Å²) < 4.78 is 26.5. The first kappa shape index (κ1) is 12.0. The number of hydrogen-bond acceptors (Lipinski definition) is 1. The minimum atomic E-state index is -0.856. The van der Waals surface area contributed by atoms with E-state index >= 15 is 0 Å². The maximum atomic E-state index is 13.3. The molecule has 0 atom stereocenters. The van der Waals surface area contributed by atoms with Crippen LogP contribution < -0.4 is 5.32 Å². The van der Waals surface area contributed by atoms with E-state index in [2.05, 4.69) is 5.32 Å². The van der Waals surface area contributed by atoms with Gasteiger partial charge in [0, 0.05) is 12.5 Å². The largest absolute Gasteiger partial charge is 0.351 e. The lowest BCUT2D eigenvalue weighted by atomic mass is 10.1. The number of hydrogen-bond donors (Lipinski definition) is 1. The average molecular weight is 234 g/mol. The summed E-state index contributed by atoms with van der Waals surface area (Å²) >= 11 is 0. The first-order chi connectivity index (χ1) is 8.18. The second-order valence-electron chi connectivity index (χ2n) is 3.57. The number of carbonyl (C=O) groups excluding carboxylic acids is 1. The zero-order valence-electron chi connectivity index (χ0n) is 8.91. The third-order valence-corrected chi connectivity index (χ3v) is 2.37. The molecule has 87 valence electrons. The van der Waals surface area contributed by atoms with Crippen molar-refractivity contribution >= 4 is 5.91 Å². The van der Waals surface area contributed by atoms with Crippen LogP contribution in [0.5, 0.6) is 0 Å². The number of carbonyl (C=O) groups is 1. The summed E-state index contributed by atoms with van der Waals surface area (Å²) in [6.45, 7) is 0.250. The SMILES string of the molecule is O=C(NC[C]1[CH][CH][CH][CH]1)c1c(F)cccc1F. The van der Waals surface area contributed by atoms with Crippen molar-refractivity contribution in [2.24, 2.45) is 0 Å². The van der Waals surface area contributed by atoms with E-state index in [-0.39, 0.29) is 6.54 Å². The van der Waals surface area contributed by atoms with Gasteiger partial charge in [-0.05, 0) is 37.8 Å². The first-order valence-electron chi connectivity index (χ1n) is 5.11. The molecule has 0 unspecified atom stereocenters. The Labute approximate surface area is 99.0 Å². The molecule has 2 nitrogen and oxygen atoms in total. The van der Waals surface area contributed by atoms with Crippen molar-refractivity contribution in [1.29, 1.82) is 0 Å². The molecule has 4 heteroatoms. The highest BCUT2D eigenvalue weighted by Crippen LogP contribution is 2.22. The summed E-state index contributed by atoms with van der Waals surface area (Å²) in [6.07, 6.45) is 7.28. The van der Waals surface area contributed by atoms with Gasteiger partial charge in [0.05, 0.1) is 0 Å². The normalized spacial score (nSPS) is 16.1. The molecule has 0 aromatic heterocycles. The van der Waals surface area contributed by atoms with Crippen LogP contribution in [0.2, 0.25) is 0 Å². The van der Waals surface area contributed by atoms with Crippen molar-refractivity contribution in [3.8, 4) is 0 Å². The molecule has 0 bridgehead atoms. The lowest BCUT2D eigenvalue weighted by molar-refractivity contribution is 0.0947. The minimum absolute atomic E-state index is 0.250. The molecule has 1 saturated carbocycles. The molecule has 1 aromatic carbocycles. The molecule has 17 heavy (non-hydrogen) atoms. The van der Waals surface area contributed by atoms with E-state index in [4.69, 9.17) is 0 Å². The molecule has 2 rings (SSSR count). The molecular weight excluding hydrogens is 224 g/mol. The molecule has 0 spiro atoms. The molecule has 1 fully saturated rings. The first-order valence-corrected chi connectivity index (χ1v) is 5.11. The van der Waals surface area contributed by atoms with Crippen LogP contribution in [0.4, 0.5) is 8.78 Å². The van der Waals surface area contributed by atoms with E-state index in [0.717, 1.165) is 18.1 Å². The Kier molecular flexibility index (Phi) is 3.71. The Morgan fingerprint density at radius 1 is 1.12 bits per heavy atom. The van der Waals surface area contributed by atoms with Crippen LogP contribution in [0.3, 0.4) is 0 Å². The molecule has 5 radical (unpaired) electrons. The second-order valence-corrected chi connectivity index (χ2v) is 3.57. The summed E-state index contributed by atoms with van der Waals surface area (Å²) in [7, 11) is 0. The van der Waals surface area contributed by atoms with E-state index in [1.165, 1.54) is 6.07 Å². The van der Waals surface area contributed by atoms with Gasteiger partial charge >= 0.3 is 0 Å². The smallest absolute Gasteiger partial charge is 0.257 e. The molecule has 0 aliphatic heterocycles. The van der Waals surface area contributed by atoms with Crippen LogP contribution in [0.1, 0.15) is 10.4 Å². The van der Waals surface area contributed by atoms with Crippen molar-refractivity contribution in [3.05, 3.63) is 67.0 Å². The van der Waals surface area contributed by atoms with Crippen LogP contribution in [0.15, 0.2) is 18.2 Å². The lowest BCUT2D eigenvalue weighted by Gasteiger charge is -2.10. The Balaban J connectivity index is 1.99. The van der Waals surface area contributed by atoms with Gasteiger partial charge in [0.1, 0.15) is 17.2 Å². The molecule has 1 aromatic rings. The fraction of sp³-hybridized carbons (Fsp3) is 0.0769. The van der Waals surface area contributed by atoms with Gasteiger partial charge in [-0.1, -0.05) is 6.07 Å². The third-order valence-electron chi connectivity index (χ3n) is 2.37. The van der Waals surface area contributed by atoms with Crippen LogP contribution >= 0.6 is 0 Å². The number of amides is 1. The highest BCUT2D eigenvalue weighted by Gasteiger charge is 2.20. The molecule has 0 heterocycles. The lowest BCUT2D eigenvalue weighted by Crippen LogP contribution is -2.29. The zero-order chi connectivity index (χ0) is 12.3. The summed E-state index contributed by atoms with van der Waals surface area (Å²) in [4.78, 5) is 11.6. The molecule has 1 aliphatic carbocycles. The summed E-state index contributed by atoms with van der Waals surface area (Å²) in [5.41, 5.74) is -0.543. The van der Waals surface area contributed by atoms with E-state index < -0.39 is 23.1 Å². The van der Waals surface area contributed by atoms with Gasteiger partial charge in [-0.25, -0.2) is 8.78 Å². The molecule has 1 aliphatic rings. The average Bonchev–Trinajstić information content (AvgIpc) is 2.79. The summed E-state index contributed by atoms with van der Waals surface area (Å²) in [5.74, 6) is -1.58. The van der Waals surface area contributed by atoms with Gasteiger partial charge in [-0.15, -0.1) is 0 Å². The van der Waals surface area contributed by atoms with Gasteiger partial charge in [0.15, 0.2) is 0 Å². The van der Waals surface area contributed by atoms with E-state index in [0.29, 0.717) is 0 Å². The fourth-order valence-electron chi connectivity index (χ4n) is 1.52. The Morgan fingerprint density at radius 3 is 2.29 bits per heavy atom. The van der Waals surface area contributed by atoms with Gasteiger partial charge in [-0.2, -0.15) is 0 Å². The predicted molar refractivity (Wildman–Crippen MR) is 59.1 cm³/mol. The van der Waals surface area contributed by atoms with E-state index in [9.17, 15) is 13.6 Å². The zero-order valence-corrected chi connectivity index (χ0v) is 8.91. The van der Waals surface area contributed by atoms with Crippen LogP contribution in [0.25, 0.3) is 0 Å². The number of nitrogens with one attached hydrogen (secondary N) is 1. The summed E-state index contributed by atoms with van der Waals surface area (Å²) in [5, 5.41) is 2.46. The Bertz CT molecular complexity index is 394. The van der Waals surface area contributed by atoms with Crippen molar-refractivity contribution in [2.45, 2.75) is 0 Å². The monoisotopic (exact) mass is 234 g/mol. The standard InChI is InChI=1S/C13H10F2NO/c14-10-6-3-7-11(15)12(10)13(17)16-8-9-4-1-2-5-9/h1-7H,8H2,(H,16,17). The Hall–Kier alpha value is -1.45. The predicted octanol–water partition coefficient (Wildman–Crippen LogP) is 2.10. The Morgan fingerprint density at radius 2 is 1.71 bits per heavy atom. The van der Waals surface area contributed by atoms with Crippen molar-refractivity contribution < 1.29 is 13.6 Å². The number of benzene rings is 1. The highest BCUT2D eigenvalue weighted by atomic mass is 19.1. The van der Waals surface area contributed by atoms with Crippen molar-refractivity contribution in [2.75, 3.05) is 6.54 Å². The maximum Gasteiger partial charge on any atom is 0.257 e. The van der Waals surface area contributed by atoms with Gasteiger partial charge in [-0.3, -0.25) is 4.79 Å². The number of halogens is 2. The number of rotatable bonds is 3. The van der Waals surface area contributed by atoms with E-state index in [1.54, 1.807) is 0 Å². The van der Waals surface area contributed by atoms with Crippen LogP contribution in [0, 0.1) is 43.2 Å². The highest BCUT2D eigenvalue weighted by molar-refractivity contribution is 5.94. The molecular formula is C13H10F2NO. The van der Waals surface area contributed by atoms with Crippen LogP contribution in [-0.4, -0.2) is 12.5 Å². The van der Waals surface area contributed by atoms with Crippen molar-refractivity contribution in [3.63, 3.8) is 0 Å². The van der Waals surface area contributed by atoms with Gasteiger partial charge < -0.3 is 5.32 Å². The molecule has 0 saturated heterocycles. The van der Waals surface area contributed by atoms with Crippen molar-refractivity contribution in [1.82, 2.24) is 5.32 Å². The molecule has 1 amide bonds. The third kappa shape index (κ3) is 2.81. The maximum absolute atomic E-state index is 13.3. The van der Waals surface area contributed by atoms with Crippen LogP contribution in [-0.2, 0) is 0 Å². The molecule has 1 N–H and O–H groups in total. The summed E-state index contributed by atoms with van der Waals surface area (Å²) in [6, 6.07) is 3.33. The van der Waals surface area contributed by atoms with E-state index in [1.807, 2.05) is 25.7 Å².